The molecule has 31 heavy (non-hydrogen) atoms. The van der Waals surface area contributed by atoms with Crippen molar-refractivity contribution < 1.29 is 18.0 Å². The summed E-state index contributed by atoms with van der Waals surface area (Å²) in [5, 5.41) is 8.99. The van der Waals surface area contributed by atoms with Gasteiger partial charge in [-0.1, -0.05) is 30.3 Å². The predicted molar refractivity (Wildman–Crippen MR) is 119 cm³/mol. The number of nitrogens with zero attached hydrogens (tertiary/aromatic N) is 3. The molecule has 0 spiro atoms. The fourth-order valence-corrected chi connectivity index (χ4v) is 4.96. The van der Waals surface area contributed by atoms with Crippen LogP contribution in [0.3, 0.4) is 0 Å². The lowest BCUT2D eigenvalue weighted by Crippen LogP contribution is -2.43. The van der Waals surface area contributed by atoms with E-state index in [0.29, 0.717) is 43.0 Å². The molecule has 1 N–H and O–H groups in total. The fourth-order valence-electron chi connectivity index (χ4n) is 3.55. The summed E-state index contributed by atoms with van der Waals surface area (Å²) in [5.74, 6) is -0.777. The topological polar surface area (TPSA) is 120 Å². The van der Waals surface area contributed by atoms with Gasteiger partial charge in [0.25, 0.3) is 0 Å². The van der Waals surface area contributed by atoms with Gasteiger partial charge in [-0.2, -0.15) is 5.26 Å². The van der Waals surface area contributed by atoms with Crippen molar-refractivity contribution in [2.75, 3.05) is 18.0 Å². The molecular formula is C21H22N4O4S2. The van der Waals surface area contributed by atoms with Gasteiger partial charge < -0.3 is 4.90 Å². The van der Waals surface area contributed by atoms with Gasteiger partial charge in [-0.25, -0.2) is 13.4 Å². The summed E-state index contributed by atoms with van der Waals surface area (Å²) in [6, 6.07) is 12.2. The van der Waals surface area contributed by atoms with Crippen LogP contribution < -0.4 is 9.62 Å². The molecule has 0 aliphatic carbocycles. The van der Waals surface area contributed by atoms with Crippen LogP contribution in [-0.2, 0) is 20.6 Å². The Morgan fingerprint density at radius 1 is 1.26 bits per heavy atom. The first-order chi connectivity index (χ1) is 14.7. The fraction of sp³-hybridized carbons (Fsp3) is 0.333. The predicted octanol–water partition coefficient (Wildman–Crippen LogP) is 2.19. The van der Waals surface area contributed by atoms with Crippen LogP contribution in [0.15, 0.2) is 36.4 Å². The Morgan fingerprint density at radius 3 is 2.48 bits per heavy atom. The molecule has 1 aromatic carbocycles. The maximum absolute atomic E-state index is 12.5. The highest BCUT2D eigenvalue weighted by molar-refractivity contribution is 7.97. The summed E-state index contributed by atoms with van der Waals surface area (Å²) in [7, 11) is -3.79. The largest absolute Gasteiger partial charge is 0.355 e. The van der Waals surface area contributed by atoms with E-state index in [1.165, 1.54) is 6.07 Å². The Kier molecular flexibility index (Phi) is 6.97. The van der Waals surface area contributed by atoms with Gasteiger partial charge in [0.15, 0.2) is 0 Å². The first-order valence-electron chi connectivity index (χ1n) is 9.68. The van der Waals surface area contributed by atoms with E-state index in [2.05, 4.69) is 28.4 Å². The van der Waals surface area contributed by atoms with E-state index in [-0.39, 0.29) is 16.9 Å². The van der Waals surface area contributed by atoms with Crippen molar-refractivity contribution in [3.63, 3.8) is 0 Å². The number of nitrogens with one attached hydrogen (secondary N) is 1. The van der Waals surface area contributed by atoms with Gasteiger partial charge in [0.2, 0.25) is 21.0 Å². The number of sulfonamides is 1. The quantitative estimate of drug-likeness (QED) is 0.637. The van der Waals surface area contributed by atoms with Crippen LogP contribution in [0.4, 0.5) is 5.82 Å². The molecule has 1 aromatic heterocycles. The van der Waals surface area contributed by atoms with Crippen molar-refractivity contribution in [3.05, 3.63) is 58.8 Å². The van der Waals surface area contributed by atoms with Crippen molar-refractivity contribution in [2.24, 2.45) is 5.92 Å². The number of nitriles is 1. The van der Waals surface area contributed by atoms with Crippen LogP contribution in [0, 0.1) is 24.2 Å². The van der Waals surface area contributed by atoms with Crippen LogP contribution in [0.2, 0.25) is 0 Å². The molecule has 0 bridgehead atoms. The van der Waals surface area contributed by atoms with Crippen LogP contribution in [-0.4, -0.2) is 37.5 Å². The van der Waals surface area contributed by atoms with E-state index in [4.69, 9.17) is 0 Å². The Balaban J connectivity index is 1.64. The molecule has 2 heterocycles. The van der Waals surface area contributed by atoms with E-state index in [1.807, 2.05) is 4.90 Å². The number of aryl methyl sites for hydroxylation is 1. The Morgan fingerprint density at radius 2 is 1.90 bits per heavy atom. The summed E-state index contributed by atoms with van der Waals surface area (Å²) in [6.45, 7) is 2.55. The number of amides is 1. The second-order valence-electron chi connectivity index (χ2n) is 7.38. The van der Waals surface area contributed by atoms with E-state index in [1.54, 1.807) is 37.3 Å². The van der Waals surface area contributed by atoms with E-state index < -0.39 is 27.0 Å². The number of piperidine rings is 1. The second-order valence-corrected chi connectivity index (χ2v) is 9.51. The molecule has 1 amide bonds. The maximum Gasteiger partial charge on any atom is 0.239 e. The number of benzene rings is 1. The molecule has 0 unspecified atom stereocenters. The van der Waals surface area contributed by atoms with Gasteiger partial charge >= 0.3 is 0 Å². The number of carbonyl (C=O) groups excluding carboxylic acids is 2. The lowest BCUT2D eigenvalue weighted by Gasteiger charge is -2.32. The Labute approximate surface area is 186 Å². The molecule has 0 saturated carbocycles. The molecular weight excluding hydrogens is 436 g/mol. The number of carbonyl (C=O) groups is 2. The lowest BCUT2D eigenvalue weighted by molar-refractivity contribution is -0.123. The molecule has 162 valence electrons. The van der Waals surface area contributed by atoms with Crippen LogP contribution >= 0.6 is 12.6 Å². The van der Waals surface area contributed by atoms with E-state index in [9.17, 15) is 23.3 Å². The number of pyridine rings is 1. The summed E-state index contributed by atoms with van der Waals surface area (Å²) >= 11 is 3.81. The summed E-state index contributed by atoms with van der Waals surface area (Å²) < 4.78 is 26.8. The third kappa shape index (κ3) is 5.62. The van der Waals surface area contributed by atoms with Crippen molar-refractivity contribution in [1.29, 1.82) is 5.26 Å². The smallest absolute Gasteiger partial charge is 0.239 e. The van der Waals surface area contributed by atoms with Crippen molar-refractivity contribution >= 4 is 39.5 Å². The van der Waals surface area contributed by atoms with Gasteiger partial charge in [0, 0.05) is 19.0 Å². The molecule has 1 aliphatic heterocycles. The standard InChI is InChI=1S/C21H22N4O4S2/c1-14-18(21(27)30)11-17(12-22)19(23-14)25-9-7-16(8-10-25)20(26)24-31(28,29)13-15-5-3-2-4-6-15/h2-6,11,16H,7-10,13H2,1H3,(H,24,26)(H,27,30). The third-order valence-electron chi connectivity index (χ3n) is 5.16. The summed E-state index contributed by atoms with van der Waals surface area (Å²) in [4.78, 5) is 30.4. The number of rotatable bonds is 6. The molecule has 0 radical (unpaired) electrons. The highest BCUT2D eigenvalue weighted by atomic mass is 32.2. The minimum absolute atomic E-state index is 0.261. The highest BCUT2D eigenvalue weighted by Gasteiger charge is 2.29. The number of hydrogen-bond donors (Lipinski definition) is 2. The first-order valence-corrected chi connectivity index (χ1v) is 11.8. The van der Waals surface area contributed by atoms with Crippen molar-refractivity contribution in [3.8, 4) is 6.07 Å². The zero-order valence-electron chi connectivity index (χ0n) is 16.9. The zero-order chi connectivity index (χ0) is 22.6. The Bertz CT molecular complexity index is 1140. The molecule has 8 nitrogen and oxygen atoms in total. The number of anilines is 1. The second kappa shape index (κ2) is 9.49. The lowest BCUT2D eigenvalue weighted by atomic mass is 9.96. The van der Waals surface area contributed by atoms with Gasteiger partial charge in [-0.3, -0.25) is 14.3 Å². The van der Waals surface area contributed by atoms with Gasteiger partial charge in [-0.15, -0.1) is 12.6 Å². The molecule has 1 saturated heterocycles. The van der Waals surface area contributed by atoms with Crippen molar-refractivity contribution in [1.82, 2.24) is 9.71 Å². The zero-order valence-corrected chi connectivity index (χ0v) is 18.6. The molecule has 10 heteroatoms. The molecule has 1 aliphatic rings. The molecule has 1 fully saturated rings. The first kappa shape index (κ1) is 22.8. The summed E-state index contributed by atoms with van der Waals surface area (Å²) in [6.07, 6.45) is 0.844. The van der Waals surface area contributed by atoms with Crippen molar-refractivity contribution in [2.45, 2.75) is 25.5 Å². The Hall–Kier alpha value is -2.90. The minimum Gasteiger partial charge on any atom is -0.355 e. The van der Waals surface area contributed by atoms with Gasteiger partial charge in [0.1, 0.15) is 11.9 Å². The number of thiol groups is 1. The van der Waals surface area contributed by atoms with Gasteiger partial charge in [-0.05, 0) is 31.4 Å². The monoisotopic (exact) mass is 458 g/mol. The van der Waals surface area contributed by atoms with Crippen LogP contribution in [0.5, 0.6) is 0 Å². The van der Waals surface area contributed by atoms with Gasteiger partial charge in [0.05, 0.1) is 22.6 Å². The molecule has 3 rings (SSSR count). The summed E-state index contributed by atoms with van der Waals surface area (Å²) in [5.41, 5.74) is 1.62. The third-order valence-corrected chi connectivity index (χ3v) is 6.63. The molecule has 0 atom stereocenters. The average Bonchev–Trinajstić information content (AvgIpc) is 2.73. The minimum atomic E-state index is -3.79. The SMILES string of the molecule is Cc1nc(N2CCC(C(=O)NS(=O)(=O)Cc3ccccc3)CC2)c(C#N)cc1C(=O)S. The molecule has 2 aromatic rings. The van der Waals surface area contributed by atoms with E-state index in [0.717, 1.165) is 0 Å². The number of aromatic nitrogens is 1. The average molecular weight is 459 g/mol. The van der Waals surface area contributed by atoms with Crippen LogP contribution in [0.1, 0.15) is 40.0 Å². The highest BCUT2D eigenvalue weighted by Crippen LogP contribution is 2.27. The number of hydrogen-bond acceptors (Lipinski definition) is 7. The maximum atomic E-state index is 12.5. The van der Waals surface area contributed by atoms with E-state index >= 15 is 0 Å². The van der Waals surface area contributed by atoms with Crippen LogP contribution in [0.25, 0.3) is 0 Å². The normalized spacial score (nSPS) is 14.7.